The summed E-state index contributed by atoms with van der Waals surface area (Å²) in [5.74, 6) is -0.769. The van der Waals surface area contributed by atoms with Crippen LogP contribution in [0.25, 0.3) is 10.4 Å². The SMILES string of the molecule is CNC(=O)[C@@H](O)CNC(=O)c1cc2c(s1)-c1ccccc1CC2. The molecule has 0 radical (unpaired) electrons. The molecule has 3 rings (SSSR count). The Morgan fingerprint density at radius 1 is 1.26 bits per heavy atom. The quantitative estimate of drug-likeness (QED) is 0.792. The normalized spacial score (nSPS) is 13.7. The maximum absolute atomic E-state index is 12.2. The Morgan fingerprint density at radius 2 is 2.00 bits per heavy atom. The second-order valence-electron chi connectivity index (χ2n) is 5.46. The fourth-order valence-corrected chi connectivity index (χ4v) is 3.91. The third-order valence-electron chi connectivity index (χ3n) is 3.96. The minimum absolute atomic E-state index is 0.0995. The molecule has 0 fully saturated rings. The predicted octanol–water partition coefficient (Wildman–Crippen LogP) is 1.35. The first-order valence-corrected chi connectivity index (χ1v) is 8.30. The molecule has 3 N–H and O–H groups in total. The van der Waals surface area contributed by atoms with Crippen molar-refractivity contribution in [3.05, 3.63) is 46.3 Å². The summed E-state index contributed by atoms with van der Waals surface area (Å²) in [6.45, 7) is -0.0995. The van der Waals surface area contributed by atoms with E-state index in [1.807, 2.05) is 18.2 Å². The number of likely N-dealkylation sites (N-methyl/N-ethyl adjacent to an activating group) is 1. The van der Waals surface area contributed by atoms with Gasteiger partial charge in [-0.05, 0) is 35.6 Å². The Hall–Kier alpha value is -2.18. The molecule has 5 nitrogen and oxygen atoms in total. The van der Waals surface area contributed by atoms with Crippen molar-refractivity contribution in [1.29, 1.82) is 0 Å². The standard InChI is InChI=1S/C17H18N2O3S/c1-18-16(21)13(20)9-19-17(22)14-8-11-7-6-10-4-2-3-5-12(10)15(11)23-14/h2-5,8,13,20H,6-7,9H2,1H3,(H,18,21)(H,19,22)/t13-/m0/s1. The molecular weight excluding hydrogens is 312 g/mol. The molecule has 0 spiro atoms. The van der Waals surface area contributed by atoms with E-state index in [0.717, 1.165) is 17.7 Å². The molecule has 120 valence electrons. The minimum atomic E-state index is -1.24. The lowest BCUT2D eigenvalue weighted by Crippen LogP contribution is -2.41. The number of amides is 2. The first-order chi connectivity index (χ1) is 11.1. The summed E-state index contributed by atoms with van der Waals surface area (Å²) in [5.41, 5.74) is 3.69. The number of benzene rings is 1. The van der Waals surface area contributed by atoms with Gasteiger partial charge in [0.05, 0.1) is 11.4 Å². The van der Waals surface area contributed by atoms with Gasteiger partial charge in [0.1, 0.15) is 6.10 Å². The van der Waals surface area contributed by atoms with Crippen molar-refractivity contribution in [1.82, 2.24) is 10.6 Å². The zero-order valence-corrected chi connectivity index (χ0v) is 13.6. The summed E-state index contributed by atoms with van der Waals surface area (Å²) >= 11 is 1.46. The van der Waals surface area contributed by atoms with Crippen LogP contribution in [0.15, 0.2) is 30.3 Å². The van der Waals surface area contributed by atoms with Crippen molar-refractivity contribution in [2.45, 2.75) is 18.9 Å². The summed E-state index contributed by atoms with van der Waals surface area (Å²) in [7, 11) is 1.44. The van der Waals surface area contributed by atoms with Gasteiger partial charge in [-0.25, -0.2) is 0 Å². The van der Waals surface area contributed by atoms with Gasteiger partial charge in [-0.15, -0.1) is 11.3 Å². The number of thiophene rings is 1. The molecule has 0 saturated carbocycles. The Balaban J connectivity index is 1.75. The van der Waals surface area contributed by atoms with Gasteiger partial charge >= 0.3 is 0 Å². The number of hydrogen-bond acceptors (Lipinski definition) is 4. The van der Waals surface area contributed by atoms with Gasteiger partial charge in [0, 0.05) is 11.9 Å². The summed E-state index contributed by atoms with van der Waals surface area (Å²) in [6, 6.07) is 10.2. The van der Waals surface area contributed by atoms with E-state index >= 15 is 0 Å². The molecule has 0 bridgehead atoms. The van der Waals surface area contributed by atoms with Crippen LogP contribution in [0.4, 0.5) is 0 Å². The first kappa shape index (κ1) is 15.7. The first-order valence-electron chi connectivity index (χ1n) is 7.49. The van der Waals surface area contributed by atoms with Crippen molar-refractivity contribution in [3.63, 3.8) is 0 Å². The average molecular weight is 330 g/mol. The van der Waals surface area contributed by atoms with Gasteiger partial charge in [0.15, 0.2) is 0 Å². The fourth-order valence-electron chi connectivity index (χ4n) is 2.72. The van der Waals surface area contributed by atoms with E-state index < -0.39 is 12.0 Å². The minimum Gasteiger partial charge on any atom is -0.381 e. The maximum Gasteiger partial charge on any atom is 0.261 e. The van der Waals surface area contributed by atoms with Crippen molar-refractivity contribution < 1.29 is 14.7 Å². The van der Waals surface area contributed by atoms with Crippen LogP contribution in [0.5, 0.6) is 0 Å². The molecule has 1 aromatic carbocycles. The van der Waals surface area contributed by atoms with E-state index in [1.54, 1.807) is 0 Å². The zero-order chi connectivity index (χ0) is 16.4. The molecule has 23 heavy (non-hydrogen) atoms. The Morgan fingerprint density at radius 3 is 2.78 bits per heavy atom. The molecule has 1 heterocycles. The van der Waals surface area contributed by atoms with Crippen LogP contribution < -0.4 is 10.6 Å². The van der Waals surface area contributed by atoms with Gasteiger partial charge in [0.2, 0.25) is 5.91 Å². The van der Waals surface area contributed by atoms with Crippen molar-refractivity contribution in [2.24, 2.45) is 0 Å². The number of nitrogens with one attached hydrogen (secondary N) is 2. The molecule has 1 aromatic heterocycles. The van der Waals surface area contributed by atoms with Crippen LogP contribution in [0, 0.1) is 0 Å². The summed E-state index contributed by atoms with van der Waals surface area (Å²) in [4.78, 5) is 25.2. The van der Waals surface area contributed by atoms with E-state index in [2.05, 4.69) is 22.8 Å². The highest BCUT2D eigenvalue weighted by Gasteiger charge is 2.22. The van der Waals surface area contributed by atoms with Crippen LogP contribution in [0.3, 0.4) is 0 Å². The summed E-state index contributed by atoms with van der Waals surface area (Å²) in [5, 5.41) is 14.5. The third-order valence-corrected chi connectivity index (χ3v) is 5.17. The Bertz CT molecular complexity index is 754. The highest BCUT2D eigenvalue weighted by molar-refractivity contribution is 7.17. The zero-order valence-electron chi connectivity index (χ0n) is 12.8. The number of aliphatic hydroxyl groups is 1. The Kier molecular flexibility index (Phi) is 4.45. The number of aryl methyl sites for hydroxylation is 2. The molecular formula is C17H18N2O3S. The fraction of sp³-hybridized carbons (Fsp3) is 0.294. The van der Waals surface area contributed by atoms with Gasteiger partial charge in [0.25, 0.3) is 5.91 Å². The van der Waals surface area contributed by atoms with Gasteiger partial charge < -0.3 is 15.7 Å². The Labute approximate surface area is 138 Å². The largest absolute Gasteiger partial charge is 0.381 e. The van der Waals surface area contributed by atoms with Crippen LogP contribution in [-0.2, 0) is 17.6 Å². The van der Waals surface area contributed by atoms with Crippen LogP contribution >= 0.6 is 11.3 Å². The lowest BCUT2D eigenvalue weighted by molar-refractivity contribution is -0.128. The lowest BCUT2D eigenvalue weighted by atomic mass is 9.91. The monoisotopic (exact) mass is 330 g/mol. The highest BCUT2D eigenvalue weighted by atomic mass is 32.1. The number of fused-ring (bicyclic) bond motifs is 3. The molecule has 2 amide bonds. The molecule has 6 heteroatoms. The van der Waals surface area contributed by atoms with Gasteiger partial charge in [-0.1, -0.05) is 24.3 Å². The molecule has 1 atom stereocenters. The van der Waals surface area contributed by atoms with E-state index in [1.165, 1.54) is 35.1 Å². The van der Waals surface area contributed by atoms with Crippen molar-refractivity contribution in [2.75, 3.05) is 13.6 Å². The molecule has 1 aliphatic rings. The van der Waals surface area contributed by atoms with Crippen molar-refractivity contribution >= 4 is 23.2 Å². The predicted molar refractivity (Wildman–Crippen MR) is 89.6 cm³/mol. The smallest absolute Gasteiger partial charge is 0.261 e. The lowest BCUT2D eigenvalue weighted by Gasteiger charge is -2.15. The number of hydrogen-bond donors (Lipinski definition) is 3. The second-order valence-corrected chi connectivity index (χ2v) is 6.51. The van der Waals surface area contributed by atoms with E-state index in [-0.39, 0.29) is 12.5 Å². The average Bonchev–Trinajstić information content (AvgIpc) is 3.03. The topological polar surface area (TPSA) is 78.4 Å². The van der Waals surface area contributed by atoms with Gasteiger partial charge in [-0.3, -0.25) is 9.59 Å². The molecule has 0 saturated heterocycles. The van der Waals surface area contributed by atoms with Crippen LogP contribution in [0.2, 0.25) is 0 Å². The number of carbonyl (C=O) groups excluding carboxylic acids is 2. The number of rotatable bonds is 4. The second kappa shape index (κ2) is 6.52. The number of aliphatic hydroxyl groups excluding tert-OH is 1. The molecule has 1 aliphatic carbocycles. The van der Waals surface area contributed by atoms with Gasteiger partial charge in [-0.2, -0.15) is 0 Å². The van der Waals surface area contributed by atoms with E-state index in [0.29, 0.717) is 4.88 Å². The summed E-state index contributed by atoms with van der Waals surface area (Å²) < 4.78 is 0. The summed E-state index contributed by atoms with van der Waals surface area (Å²) in [6.07, 6.45) is 0.673. The number of carbonyl (C=O) groups is 2. The third kappa shape index (κ3) is 3.13. The molecule has 0 unspecified atom stereocenters. The molecule has 2 aromatic rings. The van der Waals surface area contributed by atoms with Crippen LogP contribution in [-0.4, -0.2) is 36.6 Å². The van der Waals surface area contributed by atoms with Crippen molar-refractivity contribution in [3.8, 4) is 10.4 Å². The van der Waals surface area contributed by atoms with E-state index in [4.69, 9.17) is 0 Å². The maximum atomic E-state index is 12.2. The van der Waals surface area contributed by atoms with Crippen LogP contribution in [0.1, 0.15) is 20.8 Å². The molecule has 0 aliphatic heterocycles. The highest BCUT2D eigenvalue weighted by Crippen LogP contribution is 2.39. The van der Waals surface area contributed by atoms with E-state index in [9.17, 15) is 14.7 Å².